The Balaban J connectivity index is 1.52. The van der Waals surface area contributed by atoms with E-state index in [2.05, 4.69) is 45.2 Å². The molecule has 0 saturated carbocycles. The summed E-state index contributed by atoms with van der Waals surface area (Å²) in [6.07, 6.45) is 2.69. The van der Waals surface area contributed by atoms with E-state index in [1.165, 1.54) is 31.5 Å². The molecule has 110 valence electrons. The number of halogens is 1. The summed E-state index contributed by atoms with van der Waals surface area (Å²) in [5.41, 5.74) is 1.22. The first-order valence-electron chi connectivity index (χ1n) is 7.27. The molecule has 1 N–H and O–H groups in total. The van der Waals surface area contributed by atoms with Crippen molar-refractivity contribution in [2.24, 2.45) is 0 Å². The van der Waals surface area contributed by atoms with Crippen LogP contribution in [-0.4, -0.2) is 37.4 Å². The van der Waals surface area contributed by atoms with Gasteiger partial charge in [-0.2, -0.15) is 0 Å². The number of rotatable bonds is 5. The van der Waals surface area contributed by atoms with Crippen LogP contribution in [0.4, 0.5) is 0 Å². The smallest absolute Gasteiger partial charge is 0.231 e. The Morgan fingerprint density at radius 3 is 2.90 bits per heavy atom. The SMILES string of the molecule is CC(CNCc1cc(Br)c2c(c1)OCO2)N1CCCC1. The van der Waals surface area contributed by atoms with Crippen LogP contribution in [0.1, 0.15) is 25.3 Å². The maximum atomic E-state index is 5.44. The molecule has 5 heteroatoms. The number of likely N-dealkylation sites (tertiary alicyclic amines) is 1. The lowest BCUT2D eigenvalue weighted by molar-refractivity contribution is 0.173. The van der Waals surface area contributed by atoms with Crippen LogP contribution in [0.15, 0.2) is 16.6 Å². The standard InChI is InChI=1S/C15H21BrN2O2/c1-11(18-4-2-3-5-18)8-17-9-12-6-13(16)15-14(7-12)19-10-20-15/h6-7,11,17H,2-5,8-10H2,1H3. The molecular formula is C15H21BrN2O2. The Kier molecular flexibility index (Phi) is 4.48. The van der Waals surface area contributed by atoms with Gasteiger partial charge >= 0.3 is 0 Å². The van der Waals surface area contributed by atoms with Gasteiger partial charge in [-0.05, 0) is 66.5 Å². The van der Waals surface area contributed by atoms with Crippen LogP contribution in [0, 0.1) is 0 Å². The van der Waals surface area contributed by atoms with E-state index in [9.17, 15) is 0 Å². The van der Waals surface area contributed by atoms with Crippen LogP contribution in [0.25, 0.3) is 0 Å². The van der Waals surface area contributed by atoms with E-state index in [1.54, 1.807) is 0 Å². The molecule has 0 amide bonds. The number of benzene rings is 1. The number of nitrogens with one attached hydrogen (secondary N) is 1. The summed E-state index contributed by atoms with van der Waals surface area (Å²) in [4.78, 5) is 2.56. The molecule has 0 radical (unpaired) electrons. The third-order valence-corrected chi connectivity index (χ3v) is 4.61. The van der Waals surface area contributed by atoms with E-state index in [0.29, 0.717) is 12.8 Å². The van der Waals surface area contributed by atoms with Crippen molar-refractivity contribution in [2.45, 2.75) is 32.4 Å². The summed E-state index contributed by atoms with van der Waals surface area (Å²) in [7, 11) is 0. The lowest BCUT2D eigenvalue weighted by Crippen LogP contribution is -2.38. The van der Waals surface area contributed by atoms with Gasteiger partial charge in [0.05, 0.1) is 4.47 Å². The Labute approximate surface area is 128 Å². The van der Waals surface area contributed by atoms with E-state index >= 15 is 0 Å². The van der Waals surface area contributed by atoms with Crippen molar-refractivity contribution in [1.29, 1.82) is 0 Å². The highest BCUT2D eigenvalue weighted by Crippen LogP contribution is 2.39. The summed E-state index contributed by atoms with van der Waals surface area (Å²) in [5, 5.41) is 3.54. The first kappa shape index (κ1) is 14.2. The van der Waals surface area contributed by atoms with Gasteiger partial charge < -0.3 is 14.8 Å². The zero-order valence-corrected chi connectivity index (χ0v) is 13.4. The Hall–Kier alpha value is -0.780. The zero-order valence-electron chi connectivity index (χ0n) is 11.8. The minimum absolute atomic E-state index is 0.316. The van der Waals surface area contributed by atoms with Crippen LogP contribution in [-0.2, 0) is 6.54 Å². The van der Waals surface area contributed by atoms with Gasteiger partial charge in [0.15, 0.2) is 11.5 Å². The third-order valence-electron chi connectivity index (χ3n) is 4.02. The highest BCUT2D eigenvalue weighted by molar-refractivity contribution is 9.10. The van der Waals surface area contributed by atoms with Gasteiger partial charge in [-0.15, -0.1) is 0 Å². The second-order valence-corrected chi connectivity index (χ2v) is 6.39. The predicted octanol–water partition coefficient (Wildman–Crippen LogP) is 2.75. The van der Waals surface area contributed by atoms with Gasteiger partial charge in [-0.3, -0.25) is 4.90 Å². The number of nitrogens with zero attached hydrogens (tertiary/aromatic N) is 1. The first-order valence-corrected chi connectivity index (χ1v) is 8.06. The van der Waals surface area contributed by atoms with Crippen LogP contribution < -0.4 is 14.8 Å². The van der Waals surface area contributed by atoms with Crippen LogP contribution in [0.3, 0.4) is 0 Å². The second kappa shape index (κ2) is 6.33. The van der Waals surface area contributed by atoms with Crippen molar-refractivity contribution >= 4 is 15.9 Å². The van der Waals surface area contributed by atoms with Gasteiger partial charge in [0.1, 0.15) is 0 Å². The van der Waals surface area contributed by atoms with Crippen LogP contribution >= 0.6 is 15.9 Å². The highest BCUT2D eigenvalue weighted by Gasteiger charge is 2.19. The molecule has 1 aromatic rings. The number of fused-ring (bicyclic) bond motifs is 1. The summed E-state index contributed by atoms with van der Waals surface area (Å²) >= 11 is 3.53. The zero-order chi connectivity index (χ0) is 13.9. The molecule has 0 spiro atoms. The fraction of sp³-hybridized carbons (Fsp3) is 0.600. The molecule has 2 heterocycles. The molecule has 1 saturated heterocycles. The summed E-state index contributed by atoms with van der Waals surface area (Å²) in [5.74, 6) is 1.66. The van der Waals surface area contributed by atoms with Gasteiger partial charge in [-0.1, -0.05) is 0 Å². The molecule has 0 aliphatic carbocycles. The molecule has 1 unspecified atom stereocenters. The van der Waals surface area contributed by atoms with E-state index < -0.39 is 0 Å². The van der Waals surface area contributed by atoms with Crippen molar-refractivity contribution < 1.29 is 9.47 Å². The number of hydrogen-bond acceptors (Lipinski definition) is 4. The Morgan fingerprint density at radius 1 is 1.30 bits per heavy atom. The number of hydrogen-bond donors (Lipinski definition) is 1. The third kappa shape index (κ3) is 3.10. The second-order valence-electron chi connectivity index (χ2n) is 5.53. The molecule has 3 rings (SSSR count). The molecule has 2 aliphatic rings. The summed E-state index contributed by atoms with van der Waals surface area (Å²) in [6, 6.07) is 4.76. The maximum Gasteiger partial charge on any atom is 0.231 e. The normalized spacial score (nSPS) is 19.5. The fourth-order valence-corrected chi connectivity index (χ4v) is 3.46. The summed E-state index contributed by atoms with van der Waals surface area (Å²) < 4.78 is 11.8. The quantitative estimate of drug-likeness (QED) is 0.893. The van der Waals surface area contributed by atoms with Gasteiger partial charge in [-0.25, -0.2) is 0 Å². The molecule has 2 aliphatic heterocycles. The van der Waals surface area contributed by atoms with E-state index in [4.69, 9.17) is 9.47 Å². The predicted molar refractivity (Wildman–Crippen MR) is 82.2 cm³/mol. The number of ether oxygens (including phenoxy) is 2. The average molecular weight is 341 g/mol. The molecule has 0 bridgehead atoms. The molecule has 4 nitrogen and oxygen atoms in total. The van der Waals surface area contributed by atoms with Crippen molar-refractivity contribution in [2.75, 3.05) is 26.4 Å². The lowest BCUT2D eigenvalue weighted by Gasteiger charge is -2.24. The highest BCUT2D eigenvalue weighted by atomic mass is 79.9. The van der Waals surface area contributed by atoms with Crippen molar-refractivity contribution in [3.8, 4) is 11.5 Å². The van der Waals surface area contributed by atoms with Crippen molar-refractivity contribution in [3.05, 3.63) is 22.2 Å². The van der Waals surface area contributed by atoms with Gasteiger partial charge in [0.25, 0.3) is 0 Å². The molecule has 1 aromatic carbocycles. The molecule has 1 fully saturated rings. The van der Waals surface area contributed by atoms with E-state index in [1.807, 2.05) is 0 Å². The monoisotopic (exact) mass is 340 g/mol. The van der Waals surface area contributed by atoms with Gasteiger partial charge in [0.2, 0.25) is 6.79 Å². The fourth-order valence-electron chi connectivity index (χ4n) is 2.86. The van der Waals surface area contributed by atoms with Crippen LogP contribution in [0.2, 0.25) is 0 Å². The minimum atomic E-state index is 0.316. The van der Waals surface area contributed by atoms with Crippen LogP contribution in [0.5, 0.6) is 11.5 Å². The van der Waals surface area contributed by atoms with E-state index in [-0.39, 0.29) is 0 Å². The minimum Gasteiger partial charge on any atom is -0.454 e. The van der Waals surface area contributed by atoms with Crippen molar-refractivity contribution in [3.63, 3.8) is 0 Å². The first-order chi connectivity index (χ1) is 9.74. The molecule has 1 atom stereocenters. The van der Waals surface area contributed by atoms with E-state index in [0.717, 1.165) is 29.1 Å². The topological polar surface area (TPSA) is 33.7 Å². The lowest BCUT2D eigenvalue weighted by atomic mass is 10.2. The Morgan fingerprint density at radius 2 is 2.10 bits per heavy atom. The summed E-state index contributed by atoms with van der Waals surface area (Å²) in [6.45, 7) is 6.99. The largest absolute Gasteiger partial charge is 0.454 e. The van der Waals surface area contributed by atoms with Crippen molar-refractivity contribution in [1.82, 2.24) is 10.2 Å². The Bertz CT molecular complexity index is 475. The average Bonchev–Trinajstić information content (AvgIpc) is 3.09. The molecule has 0 aromatic heterocycles. The molecule has 20 heavy (non-hydrogen) atoms. The maximum absolute atomic E-state index is 5.44. The van der Waals surface area contributed by atoms with Gasteiger partial charge in [0, 0.05) is 19.1 Å². The molecular weight excluding hydrogens is 320 g/mol.